The van der Waals surface area contributed by atoms with Crippen LogP contribution in [0.15, 0.2) is 60.0 Å². The van der Waals surface area contributed by atoms with Crippen molar-refractivity contribution in [2.45, 2.75) is 18.8 Å². The predicted octanol–water partition coefficient (Wildman–Crippen LogP) is 6.09. The Morgan fingerprint density at radius 1 is 1.07 bits per heavy atom. The molecule has 4 rings (SSSR count). The Morgan fingerprint density at radius 3 is 2.41 bits per heavy atom. The topological polar surface area (TPSA) is 29.5 Å². The van der Waals surface area contributed by atoms with Gasteiger partial charge < -0.3 is 9.64 Å². The highest BCUT2D eigenvalue weighted by Crippen LogP contribution is 2.40. The summed E-state index contributed by atoms with van der Waals surface area (Å²) in [5, 5.41) is 2.51. The van der Waals surface area contributed by atoms with Crippen LogP contribution in [-0.4, -0.2) is 23.7 Å². The molecule has 0 saturated heterocycles. The zero-order chi connectivity index (χ0) is 20.6. The molecule has 1 aliphatic rings. The number of benzene rings is 2. The van der Waals surface area contributed by atoms with Gasteiger partial charge in [-0.25, -0.2) is 0 Å². The Kier molecular flexibility index (Phi) is 5.27. The third-order valence-corrected chi connectivity index (χ3v) is 6.01. The number of carbonyl (C=O) groups is 1. The van der Waals surface area contributed by atoms with Crippen LogP contribution in [0.25, 0.3) is 0 Å². The first kappa shape index (κ1) is 19.8. The largest absolute Gasteiger partial charge is 0.573 e. The molecule has 0 aliphatic carbocycles. The van der Waals surface area contributed by atoms with Crippen LogP contribution >= 0.6 is 22.9 Å². The van der Waals surface area contributed by atoms with Crippen LogP contribution in [0, 0.1) is 0 Å². The molecule has 1 aromatic heterocycles. The van der Waals surface area contributed by atoms with Crippen molar-refractivity contribution in [2.24, 2.45) is 0 Å². The summed E-state index contributed by atoms with van der Waals surface area (Å²) < 4.78 is 41.3. The standard InChI is InChI=1S/C21H15ClF3NO2S/c22-16-5-1-15(2-6-16)20(27)26-11-9-14-10-12-29-19(14)18(26)13-3-7-17(8-4-13)28-21(23,24)25/h1-8,10,12,18H,9,11H2. The fraction of sp³-hybridized carbons (Fsp3) is 0.190. The van der Waals surface area contributed by atoms with Gasteiger partial charge in [-0.3, -0.25) is 4.79 Å². The van der Waals surface area contributed by atoms with E-state index in [0.717, 1.165) is 22.4 Å². The normalized spacial score (nSPS) is 16.4. The number of hydrogen-bond donors (Lipinski definition) is 0. The number of amides is 1. The van der Waals surface area contributed by atoms with Gasteiger partial charge in [0, 0.05) is 22.0 Å². The first-order chi connectivity index (χ1) is 13.8. The molecule has 2 aromatic carbocycles. The summed E-state index contributed by atoms with van der Waals surface area (Å²) in [5.74, 6) is -0.444. The number of carbonyl (C=O) groups excluding carboxylic acids is 1. The van der Waals surface area contributed by atoms with Gasteiger partial charge in [0.1, 0.15) is 5.75 Å². The van der Waals surface area contributed by atoms with Crippen molar-refractivity contribution in [2.75, 3.05) is 6.54 Å². The van der Waals surface area contributed by atoms with E-state index in [1.165, 1.54) is 23.5 Å². The van der Waals surface area contributed by atoms with Gasteiger partial charge in [-0.1, -0.05) is 23.7 Å². The van der Waals surface area contributed by atoms with E-state index in [2.05, 4.69) is 4.74 Å². The molecule has 0 N–H and O–H groups in total. The van der Waals surface area contributed by atoms with Crippen LogP contribution in [0.2, 0.25) is 5.02 Å². The molecule has 3 aromatic rings. The summed E-state index contributed by atoms with van der Waals surface area (Å²) in [6.07, 6.45) is -4.02. The molecule has 3 nitrogen and oxygen atoms in total. The Morgan fingerprint density at radius 2 is 1.76 bits per heavy atom. The minimum atomic E-state index is -4.75. The maximum absolute atomic E-state index is 13.2. The summed E-state index contributed by atoms with van der Waals surface area (Å²) in [5.41, 5.74) is 2.39. The summed E-state index contributed by atoms with van der Waals surface area (Å²) >= 11 is 7.46. The molecule has 8 heteroatoms. The van der Waals surface area contributed by atoms with Crippen molar-refractivity contribution < 1.29 is 22.7 Å². The van der Waals surface area contributed by atoms with Crippen LogP contribution < -0.4 is 4.74 Å². The number of halogens is 4. The lowest BCUT2D eigenvalue weighted by molar-refractivity contribution is -0.274. The first-order valence-electron chi connectivity index (χ1n) is 8.80. The lowest BCUT2D eigenvalue weighted by atomic mass is 9.94. The number of hydrogen-bond acceptors (Lipinski definition) is 3. The maximum Gasteiger partial charge on any atom is 0.573 e. The van der Waals surface area contributed by atoms with E-state index < -0.39 is 6.36 Å². The monoisotopic (exact) mass is 437 g/mol. The molecule has 1 amide bonds. The highest BCUT2D eigenvalue weighted by Gasteiger charge is 2.34. The fourth-order valence-electron chi connectivity index (χ4n) is 3.47. The lowest BCUT2D eigenvalue weighted by Crippen LogP contribution is -2.40. The zero-order valence-corrected chi connectivity index (χ0v) is 16.5. The van der Waals surface area contributed by atoms with E-state index in [-0.39, 0.29) is 17.7 Å². The fourth-order valence-corrected chi connectivity index (χ4v) is 4.68. The van der Waals surface area contributed by atoms with Crippen LogP contribution in [-0.2, 0) is 6.42 Å². The molecule has 1 unspecified atom stereocenters. The van der Waals surface area contributed by atoms with E-state index in [1.807, 2.05) is 11.4 Å². The third-order valence-electron chi connectivity index (χ3n) is 4.74. The lowest BCUT2D eigenvalue weighted by Gasteiger charge is -2.36. The number of rotatable bonds is 3. The van der Waals surface area contributed by atoms with Crippen molar-refractivity contribution in [1.82, 2.24) is 4.90 Å². The second-order valence-electron chi connectivity index (χ2n) is 6.58. The summed E-state index contributed by atoms with van der Waals surface area (Å²) in [6.45, 7) is 0.511. The van der Waals surface area contributed by atoms with Crippen molar-refractivity contribution in [3.05, 3.63) is 86.6 Å². The molecule has 0 saturated carbocycles. The van der Waals surface area contributed by atoms with Gasteiger partial charge in [-0.15, -0.1) is 24.5 Å². The van der Waals surface area contributed by atoms with E-state index in [4.69, 9.17) is 11.6 Å². The van der Waals surface area contributed by atoms with Crippen molar-refractivity contribution in [3.63, 3.8) is 0 Å². The molecule has 0 spiro atoms. The maximum atomic E-state index is 13.2. The minimum absolute atomic E-state index is 0.152. The van der Waals surface area contributed by atoms with Crippen molar-refractivity contribution >= 4 is 28.8 Å². The van der Waals surface area contributed by atoms with Crippen LogP contribution in [0.4, 0.5) is 13.2 Å². The molecular weight excluding hydrogens is 423 g/mol. The van der Waals surface area contributed by atoms with E-state index >= 15 is 0 Å². The average molecular weight is 438 g/mol. The molecule has 2 heterocycles. The Balaban J connectivity index is 1.69. The third kappa shape index (κ3) is 4.26. The molecule has 1 atom stereocenters. The Labute approximate surface area is 174 Å². The Bertz CT molecular complexity index is 1020. The molecule has 0 fully saturated rings. The number of ether oxygens (including phenoxy) is 1. The van der Waals surface area contributed by atoms with Gasteiger partial charge >= 0.3 is 6.36 Å². The SMILES string of the molecule is O=C(c1ccc(Cl)cc1)N1CCc2ccsc2C1c1ccc(OC(F)(F)F)cc1. The van der Waals surface area contributed by atoms with Gasteiger partial charge in [0.15, 0.2) is 0 Å². The number of thiophene rings is 1. The highest BCUT2D eigenvalue weighted by molar-refractivity contribution is 7.10. The van der Waals surface area contributed by atoms with E-state index in [0.29, 0.717) is 17.1 Å². The van der Waals surface area contributed by atoms with Gasteiger partial charge in [-0.2, -0.15) is 0 Å². The van der Waals surface area contributed by atoms with Gasteiger partial charge in [0.05, 0.1) is 6.04 Å². The number of alkyl halides is 3. The number of fused-ring (bicyclic) bond motifs is 1. The highest BCUT2D eigenvalue weighted by atomic mass is 35.5. The summed E-state index contributed by atoms with van der Waals surface area (Å²) in [6, 6.07) is 14.0. The predicted molar refractivity (Wildman–Crippen MR) is 105 cm³/mol. The molecular formula is C21H15ClF3NO2S. The Hall–Kier alpha value is -2.51. The zero-order valence-electron chi connectivity index (χ0n) is 14.9. The molecule has 29 heavy (non-hydrogen) atoms. The molecule has 1 aliphatic heterocycles. The second-order valence-corrected chi connectivity index (χ2v) is 7.97. The smallest absolute Gasteiger partial charge is 0.406 e. The quantitative estimate of drug-likeness (QED) is 0.496. The van der Waals surface area contributed by atoms with Crippen molar-refractivity contribution in [3.8, 4) is 5.75 Å². The second kappa shape index (κ2) is 7.72. The van der Waals surface area contributed by atoms with Gasteiger partial charge in [0.25, 0.3) is 5.91 Å². The van der Waals surface area contributed by atoms with Gasteiger partial charge in [-0.05, 0) is 65.4 Å². The van der Waals surface area contributed by atoms with Crippen molar-refractivity contribution in [1.29, 1.82) is 0 Å². The van der Waals surface area contributed by atoms with Gasteiger partial charge in [0.2, 0.25) is 0 Å². The minimum Gasteiger partial charge on any atom is -0.406 e. The summed E-state index contributed by atoms with van der Waals surface area (Å²) in [4.78, 5) is 16.0. The van der Waals surface area contributed by atoms with Crippen LogP contribution in [0.5, 0.6) is 5.75 Å². The van der Waals surface area contributed by atoms with E-state index in [1.54, 1.807) is 41.3 Å². The average Bonchev–Trinajstić information content (AvgIpc) is 3.15. The summed E-state index contributed by atoms with van der Waals surface area (Å²) in [7, 11) is 0. The first-order valence-corrected chi connectivity index (χ1v) is 10.1. The van der Waals surface area contributed by atoms with Crippen LogP contribution in [0.1, 0.15) is 32.4 Å². The van der Waals surface area contributed by atoms with E-state index in [9.17, 15) is 18.0 Å². The molecule has 0 radical (unpaired) electrons. The molecule has 150 valence electrons. The van der Waals surface area contributed by atoms with Crippen LogP contribution in [0.3, 0.4) is 0 Å². The number of nitrogens with zero attached hydrogens (tertiary/aromatic N) is 1. The molecule has 0 bridgehead atoms.